The van der Waals surface area contributed by atoms with E-state index in [-0.39, 0.29) is 17.3 Å². The number of hydrogen-bond donors (Lipinski definition) is 1. The van der Waals surface area contributed by atoms with Crippen LogP contribution in [0.15, 0.2) is 62.5 Å². The summed E-state index contributed by atoms with van der Waals surface area (Å²) in [7, 11) is 1.26. The Kier molecular flexibility index (Phi) is 5.59. The number of carbonyl (C=O) groups is 2. The third-order valence-corrected chi connectivity index (χ3v) is 6.22. The number of para-hydroxylation sites is 1. The normalized spacial score (nSPS) is 10.8. The number of thioether (sulfide) groups is 1. The zero-order valence-corrected chi connectivity index (χ0v) is 16.9. The maximum Gasteiger partial charge on any atom is 0.358 e. The van der Waals surface area contributed by atoms with Gasteiger partial charge in [-0.25, -0.2) is 4.79 Å². The molecule has 0 fully saturated rings. The fourth-order valence-corrected chi connectivity index (χ4v) is 4.51. The van der Waals surface area contributed by atoms with Gasteiger partial charge in [0.1, 0.15) is 5.58 Å². The zero-order valence-electron chi connectivity index (χ0n) is 15.2. The number of nitrogens with zero attached hydrogens (tertiary/aromatic N) is 2. The van der Waals surface area contributed by atoms with Gasteiger partial charge in [0.15, 0.2) is 17.3 Å². The Morgan fingerprint density at radius 2 is 2.00 bits per heavy atom. The molecule has 4 aromatic rings. The lowest BCUT2D eigenvalue weighted by molar-refractivity contribution is 0.0592. The van der Waals surface area contributed by atoms with E-state index in [1.54, 1.807) is 23.1 Å². The number of aromatic nitrogens is 2. The Labute approximate surface area is 174 Å². The van der Waals surface area contributed by atoms with E-state index in [0.717, 1.165) is 15.2 Å². The number of methoxy groups -OCH3 is 1. The number of benzene rings is 1. The summed E-state index contributed by atoms with van der Waals surface area (Å²) >= 11 is 3.29. The molecule has 29 heavy (non-hydrogen) atoms. The van der Waals surface area contributed by atoms with Crippen LogP contribution < -0.4 is 5.32 Å². The van der Waals surface area contributed by atoms with E-state index in [9.17, 15) is 9.59 Å². The van der Waals surface area contributed by atoms with Crippen molar-refractivity contribution in [3.8, 4) is 0 Å². The van der Waals surface area contributed by atoms with Gasteiger partial charge in [-0.15, -0.1) is 33.3 Å². The molecule has 0 saturated heterocycles. The van der Waals surface area contributed by atoms with Crippen molar-refractivity contribution in [3.05, 3.63) is 70.9 Å². The number of nitrogens with one attached hydrogen (secondary N) is 1. The van der Waals surface area contributed by atoms with Crippen LogP contribution in [0.25, 0.3) is 11.0 Å². The number of rotatable bonds is 6. The highest BCUT2D eigenvalue weighted by molar-refractivity contribution is 8.00. The van der Waals surface area contributed by atoms with Gasteiger partial charge < -0.3 is 14.5 Å². The minimum atomic E-state index is -0.597. The lowest BCUT2D eigenvalue weighted by Crippen LogP contribution is -2.15. The van der Waals surface area contributed by atoms with E-state index in [1.165, 1.54) is 19.2 Å². The highest BCUT2D eigenvalue weighted by atomic mass is 32.2. The van der Waals surface area contributed by atoms with Gasteiger partial charge in [0.25, 0.3) is 5.91 Å². The number of anilines is 1. The van der Waals surface area contributed by atoms with Crippen molar-refractivity contribution in [1.82, 2.24) is 10.2 Å². The minimum absolute atomic E-state index is 0.0577. The zero-order chi connectivity index (χ0) is 20.2. The molecular weight excluding hydrogens is 410 g/mol. The maximum atomic E-state index is 12.9. The molecule has 0 radical (unpaired) electrons. The third kappa shape index (κ3) is 4.15. The topological polar surface area (TPSA) is 94.3 Å². The first-order valence-corrected chi connectivity index (χ1v) is 10.4. The monoisotopic (exact) mass is 425 g/mol. The Morgan fingerprint density at radius 3 is 2.72 bits per heavy atom. The molecule has 1 aromatic carbocycles. The molecule has 0 aliphatic carbocycles. The molecule has 0 aliphatic rings. The van der Waals surface area contributed by atoms with Crippen molar-refractivity contribution in [2.24, 2.45) is 0 Å². The van der Waals surface area contributed by atoms with E-state index >= 15 is 0 Å². The molecule has 0 aliphatic heterocycles. The van der Waals surface area contributed by atoms with Gasteiger partial charge >= 0.3 is 5.97 Å². The van der Waals surface area contributed by atoms with Crippen LogP contribution in [0.4, 0.5) is 5.82 Å². The minimum Gasteiger partial charge on any atom is -0.464 e. The molecule has 0 bridgehead atoms. The molecule has 3 heterocycles. The Hall–Kier alpha value is -3.17. The van der Waals surface area contributed by atoms with E-state index in [1.807, 2.05) is 41.8 Å². The maximum absolute atomic E-state index is 12.9. The van der Waals surface area contributed by atoms with Gasteiger partial charge in [-0.2, -0.15) is 0 Å². The molecule has 0 unspecified atom stereocenters. The molecule has 7 nitrogen and oxygen atoms in total. The fraction of sp³-hybridized carbons (Fsp3) is 0.100. The van der Waals surface area contributed by atoms with Crippen LogP contribution in [0.1, 0.15) is 26.6 Å². The number of furan rings is 1. The first kappa shape index (κ1) is 19.2. The van der Waals surface area contributed by atoms with Crippen LogP contribution in [0, 0.1) is 0 Å². The molecule has 9 heteroatoms. The van der Waals surface area contributed by atoms with Crippen LogP contribution in [-0.4, -0.2) is 29.2 Å². The van der Waals surface area contributed by atoms with Crippen molar-refractivity contribution < 1.29 is 18.7 Å². The lowest BCUT2D eigenvalue weighted by atomic mass is 10.1. The molecule has 1 amide bonds. The summed E-state index contributed by atoms with van der Waals surface area (Å²) in [6.07, 6.45) is 0. The Balaban J connectivity index is 1.59. The number of ether oxygens (including phenoxy) is 1. The van der Waals surface area contributed by atoms with Crippen molar-refractivity contribution in [2.45, 2.75) is 9.96 Å². The van der Waals surface area contributed by atoms with Gasteiger partial charge in [0.05, 0.1) is 11.3 Å². The van der Waals surface area contributed by atoms with Gasteiger partial charge in [-0.05, 0) is 29.6 Å². The third-order valence-electron chi connectivity index (χ3n) is 4.06. The van der Waals surface area contributed by atoms with Gasteiger partial charge in [0, 0.05) is 16.7 Å². The van der Waals surface area contributed by atoms with Gasteiger partial charge in [-0.1, -0.05) is 24.3 Å². The fourth-order valence-electron chi connectivity index (χ4n) is 2.70. The molecule has 0 saturated carbocycles. The lowest BCUT2D eigenvalue weighted by Gasteiger charge is -2.05. The predicted molar refractivity (Wildman–Crippen MR) is 111 cm³/mol. The summed E-state index contributed by atoms with van der Waals surface area (Å²) in [6.45, 7) is 0. The summed E-state index contributed by atoms with van der Waals surface area (Å²) in [5, 5.41) is 13.2. The van der Waals surface area contributed by atoms with E-state index < -0.39 is 11.9 Å². The molecular formula is C20H15N3O4S2. The smallest absolute Gasteiger partial charge is 0.358 e. The standard InChI is InChI=1S/C20H15N3O4S2/c1-26-20(25)14-8-9-16(23-22-14)21-19(24)18-13(11-29-17-7-4-10-28-17)12-5-2-3-6-15(12)27-18/h2-10H,11H2,1H3,(H,21,23,24). The summed E-state index contributed by atoms with van der Waals surface area (Å²) in [6, 6.07) is 14.5. The van der Waals surface area contributed by atoms with Crippen molar-refractivity contribution >= 4 is 51.8 Å². The first-order valence-electron chi connectivity index (χ1n) is 8.56. The quantitative estimate of drug-likeness (QED) is 0.356. The summed E-state index contributed by atoms with van der Waals surface area (Å²) in [4.78, 5) is 24.3. The van der Waals surface area contributed by atoms with Gasteiger partial charge in [0.2, 0.25) is 0 Å². The van der Waals surface area contributed by atoms with E-state index in [4.69, 9.17) is 4.42 Å². The molecule has 1 N–H and O–H groups in total. The molecule has 0 atom stereocenters. The van der Waals surface area contributed by atoms with Crippen molar-refractivity contribution in [3.63, 3.8) is 0 Å². The van der Waals surface area contributed by atoms with Gasteiger partial charge in [-0.3, -0.25) is 4.79 Å². The van der Waals surface area contributed by atoms with Crippen molar-refractivity contribution in [1.29, 1.82) is 0 Å². The Bertz CT molecular complexity index is 1150. The number of carbonyl (C=O) groups excluding carboxylic acids is 2. The van der Waals surface area contributed by atoms with Crippen LogP contribution >= 0.6 is 23.1 Å². The number of amides is 1. The SMILES string of the molecule is COC(=O)c1ccc(NC(=O)c2oc3ccccc3c2CSc2cccs2)nn1. The number of fused-ring (bicyclic) bond motifs is 1. The van der Waals surface area contributed by atoms with Crippen LogP contribution in [0.5, 0.6) is 0 Å². The Morgan fingerprint density at radius 1 is 1.14 bits per heavy atom. The number of esters is 1. The molecule has 146 valence electrons. The van der Waals surface area contributed by atoms with Crippen LogP contribution in [0.3, 0.4) is 0 Å². The molecule has 3 aromatic heterocycles. The predicted octanol–water partition coefficient (Wildman–Crippen LogP) is 4.62. The second-order valence-corrected chi connectivity index (χ2v) is 8.10. The average Bonchev–Trinajstić information content (AvgIpc) is 3.40. The van der Waals surface area contributed by atoms with Crippen LogP contribution in [-0.2, 0) is 10.5 Å². The summed E-state index contributed by atoms with van der Waals surface area (Å²) < 4.78 is 11.6. The molecule has 4 rings (SSSR count). The largest absolute Gasteiger partial charge is 0.464 e. The van der Waals surface area contributed by atoms with Crippen molar-refractivity contribution in [2.75, 3.05) is 12.4 Å². The highest BCUT2D eigenvalue weighted by Crippen LogP contribution is 2.34. The molecule has 0 spiro atoms. The summed E-state index contributed by atoms with van der Waals surface area (Å²) in [5.41, 5.74) is 1.52. The number of hydrogen-bond acceptors (Lipinski definition) is 8. The first-order chi connectivity index (χ1) is 14.2. The van der Waals surface area contributed by atoms with E-state index in [2.05, 4.69) is 20.3 Å². The summed E-state index contributed by atoms with van der Waals surface area (Å²) in [5.74, 6) is 0.00506. The van der Waals surface area contributed by atoms with E-state index in [0.29, 0.717) is 11.3 Å². The highest BCUT2D eigenvalue weighted by Gasteiger charge is 2.21. The second kappa shape index (κ2) is 8.46. The average molecular weight is 425 g/mol. The number of thiophene rings is 1. The van der Waals surface area contributed by atoms with Crippen LogP contribution in [0.2, 0.25) is 0 Å². The second-order valence-electron chi connectivity index (χ2n) is 5.88.